The van der Waals surface area contributed by atoms with Crippen molar-refractivity contribution in [2.45, 2.75) is 198 Å². The van der Waals surface area contributed by atoms with Crippen molar-refractivity contribution in [2.24, 2.45) is 16.7 Å². The van der Waals surface area contributed by atoms with E-state index in [1.54, 1.807) is 104 Å². The van der Waals surface area contributed by atoms with Crippen LogP contribution in [-0.2, 0) is 71.5 Å². The van der Waals surface area contributed by atoms with Crippen LogP contribution < -0.4 is 21.3 Å². The number of nitrogens with one attached hydrogen (secondary N) is 4. The van der Waals surface area contributed by atoms with Crippen LogP contribution in [0.15, 0.2) is 71.8 Å². The highest BCUT2D eigenvalue weighted by atomic mass is 33.1. The molecule has 2 saturated carbocycles. The van der Waals surface area contributed by atoms with Gasteiger partial charge in [-0.05, 0) is 109 Å². The minimum absolute atomic E-state index is 0.0533. The van der Waals surface area contributed by atoms with Crippen LogP contribution in [0.3, 0.4) is 0 Å². The number of methoxy groups -OCH3 is 2. The Labute approximate surface area is 538 Å². The summed E-state index contributed by atoms with van der Waals surface area (Å²) in [6.45, 7) is 16.0. The molecule has 0 aromatic heterocycles. The van der Waals surface area contributed by atoms with Crippen LogP contribution in [-0.4, -0.2) is 179 Å². The summed E-state index contributed by atoms with van der Waals surface area (Å²) in [5, 5.41) is 43.0. The number of ketones is 1. The number of fused-ring (bicyclic) bond motifs is 5. The van der Waals surface area contributed by atoms with Crippen LogP contribution >= 0.6 is 21.6 Å². The molecule has 2 bridgehead atoms. The quantitative estimate of drug-likeness (QED) is 0.0142. The number of ether oxygens (including phenoxy) is 8. The number of carboxylic acid groups (broad SMARTS) is 2. The lowest BCUT2D eigenvalue weighted by molar-refractivity contribution is -0.367. The average Bonchev–Trinajstić information content (AvgIpc) is 0.658. The second-order valence-corrected chi connectivity index (χ2v) is 28.0. The number of hydrogen-bond acceptors (Lipinski definition) is 21. The van der Waals surface area contributed by atoms with Gasteiger partial charge in [0.15, 0.2) is 11.4 Å². The molecule has 502 valence electrons. The molecule has 6 rings (SSSR count). The van der Waals surface area contributed by atoms with E-state index in [0.717, 1.165) is 0 Å². The van der Waals surface area contributed by atoms with Crippen LogP contribution in [0.5, 0.6) is 0 Å². The standard InChI is InChI=1S/C64H88N4O21S2/c1-36(66-57(79)67-41(53(75)76)28-29-46(71)72)22-19-20-30-65-45(70)34-91-90-31-21-27-47(73)86-51(49(39-23-15-13-16-24-39)68-58(80)89-59(4,5)6)55(78)85-42-33-64(81)60(7,8)48(37(42)2)50(83-12)52(74)61(9)43(82-11)32-44-63(35-84-44,87-38(3)69)56(61)62(64,10)88-54(77)40-25-17-14-18-26-40/h13-18,23-26,36,41-44,49-51,56,81H,19-22,27-35H2,1-12H3,(H,65,70)(H,68,80)(H,71,72)(H,75,76)(H2,66,67,79)/t36-,41+,42+,43+,44-,49+,50-,51-,56-,61+,62-,63+,64+/m1/s1. The number of rotatable bonds is 29. The normalized spacial score (nSPS) is 27.0. The zero-order valence-corrected chi connectivity index (χ0v) is 55.3. The van der Waals surface area contributed by atoms with Crippen molar-refractivity contribution >= 4 is 81.2 Å². The van der Waals surface area contributed by atoms with E-state index in [0.29, 0.717) is 37.1 Å². The van der Waals surface area contributed by atoms with Crippen LogP contribution in [0.2, 0.25) is 0 Å². The van der Waals surface area contributed by atoms with Crippen molar-refractivity contribution in [3.8, 4) is 0 Å². The molecule has 0 spiro atoms. The van der Waals surface area contributed by atoms with Crippen molar-refractivity contribution < 1.29 is 101 Å². The van der Waals surface area contributed by atoms with Crippen LogP contribution in [0, 0.1) is 16.7 Å². The van der Waals surface area contributed by atoms with Crippen LogP contribution in [0.25, 0.3) is 0 Å². The number of aliphatic hydroxyl groups is 1. The minimum Gasteiger partial charge on any atom is -0.481 e. The third kappa shape index (κ3) is 16.7. The number of alkyl carbamates (subject to hydrolysis) is 1. The van der Waals surface area contributed by atoms with E-state index in [4.69, 9.17) is 43.0 Å². The molecule has 7 N–H and O–H groups in total. The van der Waals surface area contributed by atoms with Gasteiger partial charge in [0.25, 0.3) is 0 Å². The molecule has 3 fully saturated rings. The fourth-order valence-electron chi connectivity index (χ4n) is 13.4. The number of carbonyl (C=O) groups excluding carboxylic acids is 8. The maximum absolute atomic E-state index is 16.1. The van der Waals surface area contributed by atoms with Crippen molar-refractivity contribution in [1.29, 1.82) is 0 Å². The van der Waals surface area contributed by atoms with E-state index in [9.17, 15) is 48.6 Å². The molecule has 91 heavy (non-hydrogen) atoms. The lowest BCUT2D eigenvalue weighted by Gasteiger charge is -2.71. The molecular weight excluding hydrogens is 1220 g/mol. The molecule has 4 amide bonds. The minimum atomic E-state index is -2.40. The number of hydrogen-bond donors (Lipinski definition) is 7. The Balaban J connectivity index is 1.24. The SMILES string of the molecule is CO[C@H]1C(=O)[C@]2(C)[C@@H](OC)C[C@H]3OC[C@@]3(OC(C)=O)[C@H]2[C@@](C)(OC(=O)c2ccccc2)[C@]2(O)C[C@H](OC(=O)[C@H](OC(=O)CCCSSCC(=O)NCCCC[C@@H](C)NC(=O)N[C@@H](CCC(=O)O)C(=O)O)[C@@H](NC(=O)OC(C)(C)C)c3ccccc3)C(C)=C1C2(C)C. The van der Waals surface area contributed by atoms with E-state index in [-0.39, 0.29) is 66.7 Å². The van der Waals surface area contributed by atoms with Gasteiger partial charge in [-0.3, -0.25) is 24.0 Å². The fourth-order valence-corrected chi connectivity index (χ4v) is 15.4. The Bertz CT molecular complexity index is 3020. The van der Waals surface area contributed by atoms with Gasteiger partial charge in [0.05, 0.1) is 35.4 Å². The highest BCUT2D eigenvalue weighted by Gasteiger charge is 2.82. The first kappa shape index (κ1) is 73.3. The number of urea groups is 1. The first-order valence-electron chi connectivity index (χ1n) is 30.3. The number of esters is 4. The molecule has 27 heteroatoms. The lowest BCUT2D eigenvalue weighted by Crippen LogP contribution is -2.85. The zero-order chi connectivity index (χ0) is 67.4. The maximum atomic E-state index is 16.1. The highest BCUT2D eigenvalue weighted by Crippen LogP contribution is 2.68. The number of benzene rings is 2. The molecule has 25 nitrogen and oxygen atoms in total. The summed E-state index contributed by atoms with van der Waals surface area (Å²) >= 11 is 0. The average molecular weight is 1310 g/mol. The molecule has 0 radical (unpaired) electrons. The maximum Gasteiger partial charge on any atom is 0.408 e. The number of amides is 4. The Kier molecular flexibility index (Phi) is 24.8. The van der Waals surface area contributed by atoms with Crippen molar-refractivity contribution in [2.75, 3.05) is 38.9 Å². The number of carbonyl (C=O) groups is 10. The summed E-state index contributed by atoms with van der Waals surface area (Å²) in [6, 6.07) is 12.3. The molecule has 3 aliphatic carbocycles. The summed E-state index contributed by atoms with van der Waals surface area (Å²) in [4.78, 5) is 135. The molecule has 1 saturated heterocycles. The molecule has 0 unspecified atom stereocenters. The predicted octanol–water partition coefficient (Wildman–Crippen LogP) is 6.96. The van der Waals surface area contributed by atoms with Crippen molar-refractivity contribution in [3.63, 3.8) is 0 Å². The summed E-state index contributed by atoms with van der Waals surface area (Å²) < 4.78 is 49.9. The topological polar surface area (TPSA) is 353 Å². The van der Waals surface area contributed by atoms with E-state index >= 15 is 9.59 Å². The zero-order valence-electron chi connectivity index (χ0n) is 53.7. The molecule has 1 heterocycles. The smallest absolute Gasteiger partial charge is 0.408 e. The Morgan fingerprint density at radius 2 is 1.48 bits per heavy atom. The first-order valence-corrected chi connectivity index (χ1v) is 32.8. The van der Waals surface area contributed by atoms with Gasteiger partial charge in [0.2, 0.25) is 12.0 Å². The van der Waals surface area contributed by atoms with Gasteiger partial charge in [0.1, 0.15) is 47.2 Å². The summed E-state index contributed by atoms with van der Waals surface area (Å²) in [5.41, 5.74) is -10.00. The van der Waals surface area contributed by atoms with Gasteiger partial charge in [-0.25, -0.2) is 24.0 Å². The highest BCUT2D eigenvalue weighted by molar-refractivity contribution is 8.76. The summed E-state index contributed by atoms with van der Waals surface area (Å²) in [6.07, 6.45) is -7.35. The molecule has 1 aliphatic heterocycles. The van der Waals surface area contributed by atoms with Gasteiger partial charge in [-0.1, -0.05) is 84.0 Å². The first-order chi connectivity index (χ1) is 42.7. The van der Waals surface area contributed by atoms with E-state index in [1.165, 1.54) is 61.8 Å². The van der Waals surface area contributed by atoms with Crippen LogP contribution in [0.4, 0.5) is 9.59 Å². The summed E-state index contributed by atoms with van der Waals surface area (Å²) in [7, 11) is 5.31. The fraction of sp³-hybridized carbons (Fsp3) is 0.625. The van der Waals surface area contributed by atoms with Gasteiger partial charge >= 0.3 is 47.9 Å². The van der Waals surface area contributed by atoms with Gasteiger partial charge in [-0.2, -0.15) is 0 Å². The lowest BCUT2D eigenvalue weighted by atomic mass is 9.41. The van der Waals surface area contributed by atoms with E-state index < -0.39 is 148 Å². The third-order valence-electron chi connectivity index (χ3n) is 17.7. The Hall–Kier alpha value is -6.78. The van der Waals surface area contributed by atoms with Gasteiger partial charge < -0.3 is 74.5 Å². The van der Waals surface area contributed by atoms with Gasteiger partial charge in [-0.15, -0.1) is 0 Å². The third-order valence-corrected chi connectivity index (χ3v) is 20.0. The second kappa shape index (κ2) is 30.8. The largest absolute Gasteiger partial charge is 0.481 e. The molecule has 2 aromatic carbocycles. The van der Waals surface area contributed by atoms with Crippen molar-refractivity contribution in [3.05, 3.63) is 82.9 Å². The van der Waals surface area contributed by atoms with E-state index in [1.807, 2.05) is 0 Å². The monoisotopic (exact) mass is 1310 g/mol. The molecule has 13 atom stereocenters. The predicted molar refractivity (Wildman–Crippen MR) is 332 cm³/mol. The van der Waals surface area contributed by atoms with Crippen molar-refractivity contribution in [1.82, 2.24) is 21.3 Å². The number of unbranched alkanes of at least 4 members (excludes halogenated alkanes) is 1. The molecule has 4 aliphatic rings. The Morgan fingerprint density at radius 3 is 2.07 bits per heavy atom. The Morgan fingerprint density at radius 1 is 0.824 bits per heavy atom. The van der Waals surface area contributed by atoms with E-state index in [2.05, 4.69) is 21.3 Å². The number of Topliss-reactive ketones (excluding diaryl/α,β-unsaturated/α-hetero) is 1. The molecular formula is C64H88N4O21S2. The number of carboxylic acids is 2. The number of aliphatic carboxylic acids is 2. The summed E-state index contributed by atoms with van der Waals surface area (Å²) in [5.74, 6) is -8.08. The second-order valence-electron chi connectivity index (χ2n) is 25.4. The molecule has 2 aromatic rings. The van der Waals surface area contributed by atoms with Crippen LogP contribution in [0.1, 0.15) is 149 Å². The van der Waals surface area contributed by atoms with Gasteiger partial charge in [0, 0.05) is 70.6 Å².